The minimum Gasteiger partial charge on any atom is -0.457 e. The Morgan fingerprint density at radius 3 is 2.14 bits per heavy atom. The number of carbonyl (C=O) groups excluding carboxylic acids is 8. The van der Waals surface area contributed by atoms with E-state index in [1.165, 1.54) is 43.6 Å². The van der Waals surface area contributed by atoms with Crippen LogP contribution in [-0.4, -0.2) is 99.7 Å². The van der Waals surface area contributed by atoms with Crippen LogP contribution in [0.3, 0.4) is 0 Å². The van der Waals surface area contributed by atoms with Gasteiger partial charge in [0.1, 0.15) is 29.8 Å². The van der Waals surface area contributed by atoms with Crippen LogP contribution in [0.5, 0.6) is 0 Å². The molecule has 73 heavy (non-hydrogen) atoms. The molecule has 1 unspecified atom stereocenters. The van der Waals surface area contributed by atoms with Crippen molar-refractivity contribution >= 4 is 74.5 Å². The van der Waals surface area contributed by atoms with Crippen molar-refractivity contribution in [2.24, 2.45) is 40.9 Å². The third-order valence-corrected chi connectivity index (χ3v) is 15.0. The molecule has 19 nitrogen and oxygen atoms in total. The zero-order valence-electron chi connectivity index (χ0n) is 41.4. The van der Waals surface area contributed by atoms with Gasteiger partial charge < -0.3 is 26.9 Å². The van der Waals surface area contributed by atoms with E-state index in [2.05, 4.69) is 20.6 Å². The second-order valence-electron chi connectivity index (χ2n) is 18.9. The summed E-state index contributed by atoms with van der Waals surface area (Å²) in [4.78, 5) is 119. The van der Waals surface area contributed by atoms with E-state index >= 15 is 4.79 Å². The first-order valence-electron chi connectivity index (χ1n) is 24.1. The summed E-state index contributed by atoms with van der Waals surface area (Å²) in [7, 11) is -5.22. The maximum atomic E-state index is 15.0. The molecule has 1 fully saturated rings. The van der Waals surface area contributed by atoms with E-state index in [9.17, 15) is 42.0 Å². The zero-order chi connectivity index (χ0) is 53.8. The third kappa shape index (κ3) is 14.6. The van der Waals surface area contributed by atoms with Crippen LogP contribution >= 0.6 is 11.6 Å². The lowest BCUT2D eigenvalue weighted by Crippen LogP contribution is -2.63. The summed E-state index contributed by atoms with van der Waals surface area (Å²) in [5.74, 6) is -11.0. The molecular weight excluding hydrogens is 980 g/mol. The minimum absolute atomic E-state index is 0.00364. The first-order valence-corrected chi connectivity index (χ1v) is 25.9. The number of amides is 4. The molecule has 0 bridgehead atoms. The highest BCUT2D eigenvalue weighted by Gasteiger charge is 2.52. The summed E-state index contributed by atoms with van der Waals surface area (Å²) in [6.07, 6.45) is 8.62. The molecule has 1 saturated carbocycles. The number of nitrogens with zero attached hydrogens (tertiary/aromatic N) is 3. The molecule has 2 heterocycles. The fourth-order valence-corrected chi connectivity index (χ4v) is 9.98. The van der Waals surface area contributed by atoms with Gasteiger partial charge in [-0.2, -0.15) is 0 Å². The van der Waals surface area contributed by atoms with Crippen molar-refractivity contribution in [3.05, 3.63) is 107 Å². The molecule has 2 aromatic carbocycles. The van der Waals surface area contributed by atoms with Crippen molar-refractivity contribution in [1.29, 1.82) is 0 Å². The highest BCUT2D eigenvalue weighted by Crippen LogP contribution is 2.38. The molecule has 4 aromatic rings. The van der Waals surface area contributed by atoms with Crippen molar-refractivity contribution in [2.45, 2.75) is 115 Å². The number of hydrogen-bond donors (Lipinski definition) is 5. The molecule has 4 amide bonds. The fraction of sp³-hybridized carbons (Fsp3) is 0.423. The van der Waals surface area contributed by atoms with Gasteiger partial charge in [-0.15, -0.1) is 0 Å². The predicted octanol–water partition coefficient (Wildman–Crippen LogP) is 5.00. The molecule has 0 spiro atoms. The van der Waals surface area contributed by atoms with Gasteiger partial charge in [-0.3, -0.25) is 48.7 Å². The number of hydrogen-bond acceptors (Lipinski definition) is 16. The van der Waals surface area contributed by atoms with Crippen LogP contribution in [-0.2, 0) is 38.8 Å². The van der Waals surface area contributed by atoms with Gasteiger partial charge in [-0.1, -0.05) is 65.0 Å². The topological polar surface area (TPSA) is 315 Å². The molecule has 5 rings (SSSR count). The summed E-state index contributed by atoms with van der Waals surface area (Å²) in [6, 6.07) is 10.6. The first-order chi connectivity index (χ1) is 34.5. The SMILES string of the molecule is CC[C@H](C)[C@H](N)C(=O)C(C[C@@](N)(C(=O)C(=O)N(CC(=O)NC(=O)[C@H](CC(C)C)NC(=O)c1cnccn1)S(=O)(=O)c1ccc(-c2ccc(C=CC(=O)c3ccc(Cl)cc3)o2)cc1)C1CCCCC1)C(=O)[C@H](C)N. The van der Waals surface area contributed by atoms with Gasteiger partial charge in [0.05, 0.1) is 34.6 Å². The molecule has 6 atom stereocenters. The molecule has 0 saturated heterocycles. The summed E-state index contributed by atoms with van der Waals surface area (Å²) >= 11 is 5.94. The average Bonchev–Trinajstić information content (AvgIpc) is 3.87. The molecule has 0 radical (unpaired) electrons. The Labute approximate surface area is 429 Å². The molecule has 1 aliphatic rings. The number of aromatic nitrogens is 2. The van der Waals surface area contributed by atoms with Gasteiger partial charge in [-0.25, -0.2) is 17.7 Å². The van der Waals surface area contributed by atoms with E-state index in [0.29, 0.717) is 35.4 Å². The Balaban J connectivity index is 1.52. The lowest BCUT2D eigenvalue weighted by molar-refractivity contribution is -0.148. The Bertz CT molecular complexity index is 2800. The van der Waals surface area contributed by atoms with Gasteiger partial charge in [0.15, 0.2) is 17.3 Å². The second-order valence-corrected chi connectivity index (χ2v) is 21.2. The standard InChI is InChI=1S/C52H63ClN8O11S/c1-6-31(4)45(55)47(65)39(46(64)32(5)54)27-52(56,35-10-8-7-9-11-35)48(66)51(69)61(29-44(63)60-49(67)40(26-30(2)3)59-50(68)41-28-57-24-25-58-41)73(70,71)38-20-14-34(15-21-38)43-23-19-37(72-43)18-22-42(62)33-12-16-36(53)17-13-33/h12-25,28,30-32,35,39-40,45H,6-11,26-27,29,54-56H2,1-5H3,(H,59,68)(H,60,63,67)/t31-,32-,39?,40-,45-,52-/m0/s1. The lowest BCUT2D eigenvalue weighted by Gasteiger charge is -2.41. The molecule has 1 aliphatic carbocycles. The Morgan fingerprint density at radius 2 is 1.55 bits per heavy atom. The van der Waals surface area contributed by atoms with E-state index in [-0.39, 0.29) is 52.5 Å². The summed E-state index contributed by atoms with van der Waals surface area (Å²) < 4.78 is 35.5. The van der Waals surface area contributed by atoms with Gasteiger partial charge >= 0.3 is 5.91 Å². The van der Waals surface area contributed by atoms with Crippen LogP contribution in [0.25, 0.3) is 17.4 Å². The number of benzene rings is 2. The molecule has 21 heteroatoms. The number of imide groups is 1. The van der Waals surface area contributed by atoms with E-state index in [4.69, 9.17) is 33.2 Å². The first kappa shape index (κ1) is 57.3. The highest BCUT2D eigenvalue weighted by molar-refractivity contribution is 7.89. The summed E-state index contributed by atoms with van der Waals surface area (Å²) in [5, 5.41) is 5.03. The second kappa shape index (κ2) is 25.4. The number of nitrogens with two attached hydrogens (primary N) is 3. The van der Waals surface area contributed by atoms with Crippen LogP contribution in [0.2, 0.25) is 5.02 Å². The summed E-state index contributed by atoms with van der Waals surface area (Å²) in [6.45, 7) is 6.92. The van der Waals surface area contributed by atoms with Gasteiger partial charge in [-0.05, 0) is 123 Å². The number of allylic oxidation sites excluding steroid dienone is 1. The molecule has 2 aromatic heterocycles. The van der Waals surface area contributed by atoms with E-state index in [0.717, 1.165) is 24.8 Å². The average molecular weight is 1040 g/mol. The van der Waals surface area contributed by atoms with Crippen LogP contribution in [0.1, 0.15) is 113 Å². The van der Waals surface area contributed by atoms with Crippen LogP contribution in [0.15, 0.2) is 94.6 Å². The van der Waals surface area contributed by atoms with E-state index in [1.54, 1.807) is 64.1 Å². The highest BCUT2D eigenvalue weighted by atomic mass is 35.5. The van der Waals surface area contributed by atoms with Crippen LogP contribution < -0.4 is 27.8 Å². The van der Waals surface area contributed by atoms with Crippen LogP contribution in [0, 0.1) is 23.7 Å². The number of sulfonamides is 1. The normalized spacial score (nSPS) is 16.1. The van der Waals surface area contributed by atoms with Crippen molar-refractivity contribution in [3.63, 3.8) is 0 Å². The van der Waals surface area contributed by atoms with Crippen molar-refractivity contribution in [2.75, 3.05) is 6.54 Å². The smallest absolute Gasteiger partial charge is 0.306 e. The number of carbonyl (C=O) groups is 8. The van der Waals surface area contributed by atoms with Gasteiger partial charge in [0.2, 0.25) is 17.6 Å². The fourth-order valence-electron chi connectivity index (χ4n) is 8.53. The minimum atomic E-state index is -5.22. The molecule has 390 valence electrons. The number of ketones is 4. The van der Waals surface area contributed by atoms with Gasteiger partial charge in [0.25, 0.3) is 15.9 Å². The van der Waals surface area contributed by atoms with Crippen molar-refractivity contribution in [1.82, 2.24) is 24.9 Å². The number of furan rings is 1. The third-order valence-electron chi connectivity index (χ3n) is 13.0. The Hall–Kier alpha value is -6.58. The maximum absolute atomic E-state index is 15.0. The zero-order valence-corrected chi connectivity index (χ0v) is 43.0. The Morgan fingerprint density at radius 1 is 0.890 bits per heavy atom. The number of nitrogens with one attached hydrogen (secondary N) is 2. The number of halogens is 1. The van der Waals surface area contributed by atoms with E-state index in [1.807, 2.05) is 0 Å². The van der Waals surface area contributed by atoms with E-state index < -0.39 is 110 Å². The van der Waals surface area contributed by atoms with Crippen LogP contribution in [0.4, 0.5) is 0 Å². The molecular formula is C52H63ClN8O11S. The van der Waals surface area contributed by atoms with Gasteiger partial charge in [0, 0.05) is 28.5 Å². The monoisotopic (exact) mass is 1040 g/mol. The van der Waals surface area contributed by atoms with Crippen molar-refractivity contribution < 1.29 is 51.2 Å². The molecule has 8 N–H and O–H groups in total. The molecule has 0 aliphatic heterocycles. The van der Waals surface area contributed by atoms with Crippen molar-refractivity contribution in [3.8, 4) is 11.3 Å². The Kier molecular flexibility index (Phi) is 19.9. The number of Topliss-reactive ketones (excluding diaryl/α,β-unsaturated/α-hetero) is 3. The lowest BCUT2D eigenvalue weighted by atomic mass is 9.66. The number of rotatable bonds is 24. The quantitative estimate of drug-likeness (QED) is 0.0267. The predicted molar refractivity (Wildman–Crippen MR) is 271 cm³/mol. The maximum Gasteiger partial charge on any atom is 0.306 e. The largest absolute Gasteiger partial charge is 0.457 e. The summed E-state index contributed by atoms with van der Waals surface area (Å²) in [5.41, 5.74) is 17.7.